The number of aromatic hydroxyl groups is 1. The highest BCUT2D eigenvalue weighted by atomic mass is 32.2. The van der Waals surface area contributed by atoms with Gasteiger partial charge in [-0.15, -0.1) is 0 Å². The molecule has 0 aliphatic heterocycles. The highest BCUT2D eigenvalue weighted by Gasteiger charge is 2.33. The molecule has 0 amide bonds. The van der Waals surface area contributed by atoms with Crippen LogP contribution >= 0.6 is 0 Å². The summed E-state index contributed by atoms with van der Waals surface area (Å²) in [5.41, 5.74) is -0.391. The van der Waals surface area contributed by atoms with Gasteiger partial charge in [-0.25, -0.2) is 30.4 Å². The van der Waals surface area contributed by atoms with Crippen molar-refractivity contribution in [3.63, 3.8) is 0 Å². The van der Waals surface area contributed by atoms with Gasteiger partial charge in [-0.1, -0.05) is 0 Å². The minimum Gasteiger partial charge on any atom is -0.504 e. The van der Waals surface area contributed by atoms with Crippen LogP contribution in [-0.2, 0) is 10.0 Å². The third-order valence-corrected chi connectivity index (χ3v) is 4.27. The van der Waals surface area contributed by atoms with Crippen molar-refractivity contribution < 1.29 is 40.2 Å². The summed E-state index contributed by atoms with van der Waals surface area (Å²) in [6.07, 6.45) is 0. The van der Waals surface area contributed by atoms with E-state index in [1.807, 2.05) is 0 Å². The van der Waals surface area contributed by atoms with E-state index in [1.54, 1.807) is 4.72 Å². The summed E-state index contributed by atoms with van der Waals surface area (Å²) in [5, 5.41) is 9.51. The molecular formula is C13H8F5NO4S. The Morgan fingerprint density at radius 1 is 0.958 bits per heavy atom. The Labute approximate surface area is 132 Å². The number of methoxy groups -OCH3 is 1. The lowest BCUT2D eigenvalue weighted by molar-refractivity contribution is 0.358. The van der Waals surface area contributed by atoms with E-state index in [0.717, 1.165) is 18.2 Å². The van der Waals surface area contributed by atoms with E-state index < -0.39 is 55.4 Å². The largest absolute Gasteiger partial charge is 0.504 e. The van der Waals surface area contributed by atoms with Crippen molar-refractivity contribution >= 4 is 15.7 Å². The Morgan fingerprint density at radius 2 is 1.46 bits per heavy atom. The molecule has 11 heteroatoms. The first-order valence-corrected chi connectivity index (χ1v) is 7.49. The fourth-order valence-electron chi connectivity index (χ4n) is 1.78. The van der Waals surface area contributed by atoms with Crippen molar-refractivity contribution in [3.8, 4) is 11.5 Å². The molecule has 0 unspecified atom stereocenters. The van der Waals surface area contributed by atoms with E-state index >= 15 is 0 Å². The average molecular weight is 369 g/mol. The SMILES string of the molecule is COc1ccc(NS(=O)(=O)c2c(F)c(F)c(F)c(F)c2F)cc1O. The van der Waals surface area contributed by atoms with E-state index in [4.69, 9.17) is 4.74 Å². The molecule has 0 bridgehead atoms. The van der Waals surface area contributed by atoms with Crippen LogP contribution in [0.3, 0.4) is 0 Å². The van der Waals surface area contributed by atoms with Gasteiger partial charge < -0.3 is 9.84 Å². The van der Waals surface area contributed by atoms with E-state index in [-0.39, 0.29) is 5.75 Å². The van der Waals surface area contributed by atoms with E-state index in [9.17, 15) is 35.5 Å². The Balaban J connectivity index is 2.55. The molecule has 0 spiro atoms. The molecule has 2 N–H and O–H groups in total. The molecule has 0 aromatic heterocycles. The molecule has 5 nitrogen and oxygen atoms in total. The Bertz CT molecular complexity index is 888. The molecule has 0 radical (unpaired) electrons. The summed E-state index contributed by atoms with van der Waals surface area (Å²) in [6.45, 7) is 0. The maximum atomic E-state index is 13.6. The van der Waals surface area contributed by atoms with Gasteiger partial charge in [0.1, 0.15) is 0 Å². The summed E-state index contributed by atoms with van der Waals surface area (Å²) < 4.78 is 96.6. The zero-order valence-corrected chi connectivity index (χ0v) is 12.5. The lowest BCUT2D eigenvalue weighted by Gasteiger charge is -2.12. The molecule has 130 valence electrons. The molecule has 2 aromatic rings. The number of halogens is 5. The fourth-order valence-corrected chi connectivity index (χ4v) is 2.97. The molecule has 0 heterocycles. The third kappa shape index (κ3) is 2.94. The summed E-state index contributed by atoms with van der Waals surface area (Å²) >= 11 is 0. The standard InChI is InChI=1S/C13H8F5NO4S/c1-23-7-3-2-5(4-6(7)20)19-24(21,22)13-11(17)9(15)8(14)10(16)12(13)18/h2-4,19-20H,1H3. The quantitative estimate of drug-likeness (QED) is 0.494. The molecule has 0 aliphatic carbocycles. The summed E-state index contributed by atoms with van der Waals surface area (Å²) in [5.74, 6) is -12.8. The maximum Gasteiger partial charge on any atom is 0.267 e. The van der Waals surface area contributed by atoms with Crippen molar-refractivity contribution in [2.45, 2.75) is 4.90 Å². The first kappa shape index (κ1) is 17.8. The highest BCUT2D eigenvalue weighted by molar-refractivity contribution is 7.92. The third-order valence-electron chi connectivity index (χ3n) is 2.87. The minimum absolute atomic E-state index is 0.0332. The van der Waals surface area contributed by atoms with Crippen LogP contribution in [0, 0.1) is 29.1 Å². The lowest BCUT2D eigenvalue weighted by atomic mass is 10.3. The highest BCUT2D eigenvalue weighted by Crippen LogP contribution is 2.31. The van der Waals surface area contributed by atoms with Gasteiger partial charge in [-0.05, 0) is 12.1 Å². The van der Waals surface area contributed by atoms with Gasteiger partial charge in [0.25, 0.3) is 10.0 Å². The van der Waals surface area contributed by atoms with Gasteiger partial charge in [0.05, 0.1) is 12.8 Å². The number of sulfonamides is 1. The summed E-state index contributed by atoms with van der Waals surface area (Å²) in [6, 6.07) is 2.98. The number of hydrogen-bond donors (Lipinski definition) is 2. The predicted octanol–water partition coefficient (Wildman–Crippen LogP) is 2.90. The number of phenols is 1. The summed E-state index contributed by atoms with van der Waals surface area (Å²) in [4.78, 5) is -2.03. The first-order chi connectivity index (χ1) is 11.1. The average Bonchev–Trinajstić information content (AvgIpc) is 2.50. The molecule has 0 saturated heterocycles. The Hall–Kier alpha value is -2.56. The van der Waals surface area contributed by atoms with E-state index in [2.05, 4.69) is 0 Å². The molecule has 0 atom stereocenters. The van der Waals surface area contributed by atoms with Crippen LogP contribution in [0.2, 0.25) is 0 Å². The van der Waals surface area contributed by atoms with Crippen LogP contribution in [0.15, 0.2) is 23.1 Å². The second-order valence-electron chi connectivity index (χ2n) is 4.39. The van der Waals surface area contributed by atoms with Crippen LogP contribution < -0.4 is 9.46 Å². The van der Waals surface area contributed by atoms with Crippen molar-refractivity contribution in [1.29, 1.82) is 0 Å². The second kappa shape index (κ2) is 6.15. The van der Waals surface area contributed by atoms with Gasteiger partial charge >= 0.3 is 0 Å². The van der Waals surface area contributed by atoms with E-state index in [0.29, 0.717) is 0 Å². The van der Waals surface area contributed by atoms with Crippen LogP contribution in [0.4, 0.5) is 27.6 Å². The lowest BCUT2D eigenvalue weighted by Crippen LogP contribution is -2.19. The monoisotopic (exact) mass is 369 g/mol. The number of anilines is 1. The first-order valence-electron chi connectivity index (χ1n) is 6.01. The smallest absolute Gasteiger partial charge is 0.267 e. The number of benzene rings is 2. The minimum atomic E-state index is -5.17. The van der Waals surface area contributed by atoms with Crippen molar-refractivity contribution in [1.82, 2.24) is 0 Å². The predicted molar refractivity (Wildman–Crippen MR) is 71.7 cm³/mol. The zero-order chi connectivity index (χ0) is 18.2. The van der Waals surface area contributed by atoms with Gasteiger partial charge in [0.15, 0.2) is 39.7 Å². The molecule has 0 aliphatic rings. The maximum absolute atomic E-state index is 13.6. The molecule has 0 fully saturated rings. The van der Waals surface area contributed by atoms with Gasteiger partial charge in [0, 0.05) is 6.07 Å². The number of hydrogen-bond acceptors (Lipinski definition) is 4. The van der Waals surface area contributed by atoms with Crippen LogP contribution in [-0.4, -0.2) is 20.6 Å². The second-order valence-corrected chi connectivity index (χ2v) is 6.01. The van der Waals surface area contributed by atoms with Crippen molar-refractivity contribution in [3.05, 3.63) is 47.3 Å². The molecular weight excluding hydrogens is 361 g/mol. The summed E-state index contributed by atoms with van der Waals surface area (Å²) in [7, 11) is -3.96. The van der Waals surface area contributed by atoms with Crippen LogP contribution in [0.1, 0.15) is 0 Å². The van der Waals surface area contributed by atoms with Crippen LogP contribution in [0.25, 0.3) is 0 Å². The van der Waals surface area contributed by atoms with Gasteiger partial charge in [-0.3, -0.25) is 4.72 Å². The molecule has 2 aromatic carbocycles. The molecule has 2 rings (SSSR count). The van der Waals surface area contributed by atoms with Gasteiger partial charge in [-0.2, -0.15) is 0 Å². The number of rotatable bonds is 4. The molecule has 0 saturated carbocycles. The van der Waals surface area contributed by atoms with Gasteiger partial charge in [0.2, 0.25) is 5.82 Å². The molecule has 24 heavy (non-hydrogen) atoms. The fraction of sp³-hybridized carbons (Fsp3) is 0.0769. The van der Waals surface area contributed by atoms with E-state index in [1.165, 1.54) is 7.11 Å². The Morgan fingerprint density at radius 3 is 1.92 bits per heavy atom. The number of phenolic OH excluding ortho intramolecular Hbond substituents is 1. The number of nitrogens with one attached hydrogen (secondary N) is 1. The Kier molecular flexibility index (Phi) is 4.56. The van der Waals surface area contributed by atoms with Crippen molar-refractivity contribution in [2.75, 3.05) is 11.8 Å². The van der Waals surface area contributed by atoms with Crippen LogP contribution in [0.5, 0.6) is 11.5 Å². The normalized spacial score (nSPS) is 11.4. The number of ether oxygens (including phenoxy) is 1. The topological polar surface area (TPSA) is 75.6 Å². The van der Waals surface area contributed by atoms with Crippen molar-refractivity contribution in [2.24, 2.45) is 0 Å². The zero-order valence-electron chi connectivity index (χ0n) is 11.7.